The summed E-state index contributed by atoms with van der Waals surface area (Å²) < 4.78 is 1.41. The number of anilines is 2. The molecular weight excluding hydrogens is 454 g/mol. The van der Waals surface area contributed by atoms with Gasteiger partial charge in [0.2, 0.25) is 11.8 Å². The maximum absolute atomic E-state index is 13.0. The van der Waals surface area contributed by atoms with Crippen molar-refractivity contribution >= 4 is 23.3 Å². The fraction of sp³-hybridized carbons (Fsp3) is 0.357. The summed E-state index contributed by atoms with van der Waals surface area (Å²) in [5.74, 6) is 0.724. The van der Waals surface area contributed by atoms with E-state index in [1.54, 1.807) is 6.07 Å². The average Bonchev–Trinajstić information content (AvgIpc) is 3.06. The highest BCUT2D eigenvalue weighted by molar-refractivity contribution is 5.97. The first-order chi connectivity index (χ1) is 17.5. The number of aromatic nitrogens is 2. The van der Waals surface area contributed by atoms with E-state index >= 15 is 0 Å². The van der Waals surface area contributed by atoms with Crippen molar-refractivity contribution in [3.8, 4) is 5.69 Å². The molecule has 1 atom stereocenters. The van der Waals surface area contributed by atoms with Crippen molar-refractivity contribution in [3.63, 3.8) is 0 Å². The van der Waals surface area contributed by atoms with Crippen LogP contribution in [0.1, 0.15) is 31.7 Å². The van der Waals surface area contributed by atoms with Crippen molar-refractivity contribution in [1.82, 2.24) is 14.7 Å². The largest absolute Gasteiger partial charge is 0.353 e. The Labute approximate surface area is 210 Å². The van der Waals surface area contributed by atoms with Gasteiger partial charge in [-0.3, -0.25) is 14.4 Å². The van der Waals surface area contributed by atoms with Gasteiger partial charge in [0.05, 0.1) is 5.69 Å². The molecule has 0 aliphatic carbocycles. The summed E-state index contributed by atoms with van der Waals surface area (Å²) in [5, 5.41) is 4.58. The molecule has 1 saturated heterocycles. The molecule has 186 valence electrons. The third-order valence-electron chi connectivity index (χ3n) is 6.99. The van der Waals surface area contributed by atoms with E-state index in [0.29, 0.717) is 25.5 Å². The number of carbonyl (C=O) groups is 2. The molecule has 0 N–H and O–H groups in total. The third kappa shape index (κ3) is 4.89. The highest BCUT2D eigenvalue weighted by atomic mass is 16.2. The fourth-order valence-electron chi connectivity index (χ4n) is 5.16. The monoisotopic (exact) mass is 485 g/mol. The number of benzene rings is 2. The van der Waals surface area contributed by atoms with Crippen LogP contribution in [0.3, 0.4) is 0 Å². The Morgan fingerprint density at radius 3 is 2.44 bits per heavy atom. The number of carbonyl (C=O) groups excluding carboxylic acids is 2. The average molecular weight is 486 g/mol. The zero-order valence-corrected chi connectivity index (χ0v) is 20.5. The summed E-state index contributed by atoms with van der Waals surface area (Å²) in [6.45, 7) is 4.62. The molecule has 2 aromatic carbocycles. The summed E-state index contributed by atoms with van der Waals surface area (Å²) in [4.78, 5) is 44.2. The predicted octanol–water partition coefficient (Wildman–Crippen LogP) is 3.03. The van der Waals surface area contributed by atoms with Crippen LogP contribution >= 0.6 is 0 Å². The van der Waals surface area contributed by atoms with Crippen molar-refractivity contribution < 1.29 is 9.59 Å². The standard InChI is InChI=1S/C28H31N5O3/c1-21-20-22-8-5-6-11-24(22)32(21)27(35)15-14-26(34)31-17-7-16-30(18-19-31)25-12-13-28(36)33(29-25)23-9-3-2-4-10-23/h2-6,8-13,21H,7,14-20H2,1H3/t21-/m0/s1. The Hall–Kier alpha value is -3.94. The van der Waals surface area contributed by atoms with Gasteiger partial charge < -0.3 is 14.7 Å². The second-order valence-corrected chi connectivity index (χ2v) is 9.44. The molecule has 2 aliphatic heterocycles. The number of hydrogen-bond acceptors (Lipinski definition) is 5. The lowest BCUT2D eigenvalue weighted by molar-refractivity contribution is -0.133. The fourth-order valence-corrected chi connectivity index (χ4v) is 5.16. The lowest BCUT2D eigenvalue weighted by Gasteiger charge is -2.25. The van der Waals surface area contributed by atoms with Gasteiger partial charge in [0, 0.05) is 56.8 Å². The van der Waals surface area contributed by atoms with E-state index in [1.807, 2.05) is 58.3 Å². The molecule has 0 spiro atoms. The van der Waals surface area contributed by atoms with Crippen molar-refractivity contribution in [1.29, 1.82) is 0 Å². The summed E-state index contributed by atoms with van der Waals surface area (Å²) in [5.41, 5.74) is 2.69. The lowest BCUT2D eigenvalue weighted by Crippen LogP contribution is -2.38. The zero-order valence-electron chi connectivity index (χ0n) is 20.5. The first-order valence-corrected chi connectivity index (χ1v) is 12.6. The van der Waals surface area contributed by atoms with Crippen LogP contribution in [-0.2, 0) is 16.0 Å². The predicted molar refractivity (Wildman–Crippen MR) is 140 cm³/mol. The number of hydrogen-bond donors (Lipinski definition) is 0. The summed E-state index contributed by atoms with van der Waals surface area (Å²) in [6, 6.07) is 20.7. The molecule has 0 bridgehead atoms. The molecule has 2 aliphatic rings. The number of para-hydroxylation sites is 2. The Morgan fingerprint density at radius 2 is 1.61 bits per heavy atom. The van der Waals surface area contributed by atoms with E-state index in [-0.39, 0.29) is 36.3 Å². The molecule has 0 unspecified atom stereocenters. The van der Waals surface area contributed by atoms with Gasteiger partial charge in [-0.1, -0.05) is 36.4 Å². The number of amides is 2. The zero-order chi connectivity index (χ0) is 25.1. The van der Waals surface area contributed by atoms with Gasteiger partial charge in [-0.2, -0.15) is 4.68 Å². The lowest BCUT2D eigenvalue weighted by atomic mass is 10.1. The Morgan fingerprint density at radius 1 is 0.861 bits per heavy atom. The van der Waals surface area contributed by atoms with Gasteiger partial charge in [0.25, 0.3) is 5.56 Å². The van der Waals surface area contributed by atoms with Crippen molar-refractivity contribution in [2.75, 3.05) is 36.0 Å². The molecule has 1 aromatic heterocycles. The molecule has 8 heteroatoms. The molecule has 0 saturated carbocycles. The van der Waals surface area contributed by atoms with Crippen LogP contribution in [-0.4, -0.2) is 58.7 Å². The van der Waals surface area contributed by atoms with E-state index in [9.17, 15) is 14.4 Å². The molecule has 8 nitrogen and oxygen atoms in total. The van der Waals surface area contributed by atoms with E-state index in [0.717, 1.165) is 30.8 Å². The molecule has 5 rings (SSSR count). The molecule has 3 aromatic rings. The first kappa shape index (κ1) is 23.8. The highest BCUT2D eigenvalue weighted by Crippen LogP contribution is 2.32. The summed E-state index contributed by atoms with van der Waals surface area (Å²) in [6.07, 6.45) is 2.06. The van der Waals surface area contributed by atoms with Crippen LogP contribution < -0.4 is 15.4 Å². The van der Waals surface area contributed by atoms with Crippen LogP contribution in [0.5, 0.6) is 0 Å². The molecule has 36 heavy (non-hydrogen) atoms. The normalized spacial score (nSPS) is 17.6. The third-order valence-corrected chi connectivity index (χ3v) is 6.99. The van der Waals surface area contributed by atoms with Crippen LogP contribution in [0, 0.1) is 0 Å². The second-order valence-electron chi connectivity index (χ2n) is 9.44. The number of fused-ring (bicyclic) bond motifs is 1. The molecular formula is C28H31N5O3. The summed E-state index contributed by atoms with van der Waals surface area (Å²) >= 11 is 0. The maximum Gasteiger partial charge on any atom is 0.271 e. The van der Waals surface area contributed by atoms with Gasteiger partial charge in [0.15, 0.2) is 0 Å². The summed E-state index contributed by atoms with van der Waals surface area (Å²) in [7, 11) is 0. The molecule has 3 heterocycles. The Balaban J connectivity index is 1.19. The van der Waals surface area contributed by atoms with Crippen LogP contribution in [0.15, 0.2) is 71.5 Å². The highest BCUT2D eigenvalue weighted by Gasteiger charge is 2.31. The first-order valence-electron chi connectivity index (χ1n) is 12.6. The van der Waals surface area contributed by atoms with Crippen molar-refractivity contribution in [2.24, 2.45) is 0 Å². The van der Waals surface area contributed by atoms with Gasteiger partial charge in [-0.15, -0.1) is 5.10 Å². The minimum absolute atomic E-state index is 0.00428. The molecule has 2 amide bonds. The van der Waals surface area contributed by atoms with Crippen molar-refractivity contribution in [3.05, 3.63) is 82.6 Å². The molecule has 0 radical (unpaired) electrons. The number of nitrogens with zero attached hydrogens (tertiary/aromatic N) is 5. The molecule has 1 fully saturated rings. The van der Waals surface area contributed by atoms with Gasteiger partial charge in [0.1, 0.15) is 5.82 Å². The van der Waals surface area contributed by atoms with Gasteiger partial charge >= 0.3 is 0 Å². The van der Waals surface area contributed by atoms with Crippen LogP contribution in [0.25, 0.3) is 5.69 Å². The number of rotatable bonds is 5. The minimum atomic E-state index is -0.184. The minimum Gasteiger partial charge on any atom is -0.353 e. The van der Waals surface area contributed by atoms with Crippen molar-refractivity contribution in [2.45, 2.75) is 38.6 Å². The van der Waals surface area contributed by atoms with Crippen LogP contribution in [0.4, 0.5) is 11.5 Å². The SMILES string of the molecule is C[C@H]1Cc2ccccc2N1C(=O)CCC(=O)N1CCCN(c2ccc(=O)n(-c3ccccc3)n2)CC1. The topological polar surface area (TPSA) is 78.8 Å². The Kier molecular flexibility index (Phi) is 6.84. The van der Waals surface area contributed by atoms with Gasteiger partial charge in [-0.25, -0.2) is 0 Å². The quantitative estimate of drug-likeness (QED) is 0.555. The van der Waals surface area contributed by atoms with E-state index < -0.39 is 0 Å². The second kappa shape index (κ2) is 10.4. The van der Waals surface area contributed by atoms with Crippen LogP contribution in [0.2, 0.25) is 0 Å². The van der Waals surface area contributed by atoms with E-state index in [1.165, 1.54) is 16.3 Å². The smallest absolute Gasteiger partial charge is 0.271 e. The van der Waals surface area contributed by atoms with E-state index in [4.69, 9.17) is 0 Å². The van der Waals surface area contributed by atoms with Gasteiger partial charge in [-0.05, 0) is 49.6 Å². The maximum atomic E-state index is 13.0. The Bertz CT molecular complexity index is 1310. The van der Waals surface area contributed by atoms with E-state index in [2.05, 4.69) is 23.0 Å².